The lowest BCUT2D eigenvalue weighted by molar-refractivity contribution is 0.127. The van der Waals surface area contributed by atoms with Gasteiger partial charge in [0, 0.05) is 31.2 Å². The van der Waals surface area contributed by atoms with Crippen LogP contribution in [0.15, 0.2) is 16.9 Å². The van der Waals surface area contributed by atoms with Crippen molar-refractivity contribution in [3.8, 4) is 0 Å². The Bertz CT molecular complexity index is 643. The molecule has 1 saturated heterocycles. The first kappa shape index (κ1) is 17.0. The lowest BCUT2D eigenvalue weighted by Crippen LogP contribution is -2.49. The van der Waals surface area contributed by atoms with Crippen molar-refractivity contribution < 1.29 is 5.11 Å². The van der Waals surface area contributed by atoms with Gasteiger partial charge in [-0.25, -0.2) is 4.68 Å². The van der Waals surface area contributed by atoms with E-state index in [2.05, 4.69) is 15.3 Å². The number of aromatic nitrogens is 2. The van der Waals surface area contributed by atoms with Crippen LogP contribution >= 0.6 is 0 Å². The molecular formula is C19H30N4O2. The van der Waals surface area contributed by atoms with Gasteiger partial charge in [-0.3, -0.25) is 4.79 Å². The average molecular weight is 346 g/mol. The molecule has 1 aliphatic heterocycles. The molecule has 2 N–H and O–H groups in total. The predicted octanol–water partition coefficient (Wildman–Crippen LogP) is 1.83. The molecule has 3 unspecified atom stereocenters. The highest BCUT2D eigenvalue weighted by molar-refractivity contribution is 5.39. The summed E-state index contributed by atoms with van der Waals surface area (Å²) in [6.07, 6.45) is 9.67. The van der Waals surface area contributed by atoms with Gasteiger partial charge in [-0.05, 0) is 57.4 Å². The fourth-order valence-electron chi connectivity index (χ4n) is 4.44. The highest BCUT2D eigenvalue weighted by Crippen LogP contribution is 2.29. The number of hydrogen-bond donors (Lipinski definition) is 2. The molecule has 1 aromatic rings. The Balaban J connectivity index is 1.52. The minimum absolute atomic E-state index is 0.101. The molecule has 2 heterocycles. The van der Waals surface area contributed by atoms with Crippen LogP contribution in [0.3, 0.4) is 0 Å². The van der Waals surface area contributed by atoms with Gasteiger partial charge in [-0.2, -0.15) is 5.10 Å². The summed E-state index contributed by atoms with van der Waals surface area (Å²) in [6, 6.07) is 4.46. The van der Waals surface area contributed by atoms with Crippen molar-refractivity contribution in [2.75, 3.05) is 18.0 Å². The first-order valence-electron chi connectivity index (χ1n) is 10.0. The van der Waals surface area contributed by atoms with Crippen LogP contribution < -0.4 is 15.8 Å². The molecule has 0 spiro atoms. The van der Waals surface area contributed by atoms with Crippen molar-refractivity contribution >= 4 is 5.82 Å². The summed E-state index contributed by atoms with van der Waals surface area (Å²) in [5.41, 5.74) is -0.101. The molecule has 6 heteroatoms. The van der Waals surface area contributed by atoms with Gasteiger partial charge < -0.3 is 15.3 Å². The van der Waals surface area contributed by atoms with Crippen LogP contribution in [0.5, 0.6) is 0 Å². The van der Waals surface area contributed by atoms with Crippen LogP contribution in [0, 0.1) is 0 Å². The molecule has 25 heavy (non-hydrogen) atoms. The van der Waals surface area contributed by atoms with E-state index in [0.29, 0.717) is 12.1 Å². The number of hydrogen-bond acceptors (Lipinski definition) is 5. The number of aliphatic hydroxyl groups excluding tert-OH is 1. The van der Waals surface area contributed by atoms with E-state index >= 15 is 0 Å². The summed E-state index contributed by atoms with van der Waals surface area (Å²) in [5, 5.41) is 18.6. The summed E-state index contributed by atoms with van der Waals surface area (Å²) in [5.74, 6) is 0.888. The molecule has 1 aromatic heterocycles. The third-order valence-electron chi connectivity index (χ3n) is 6.24. The average Bonchev–Trinajstić information content (AvgIpc) is 3.00. The number of nitrogens with zero attached hydrogens (tertiary/aromatic N) is 3. The number of nitrogens with one attached hydrogen (secondary N) is 1. The molecule has 6 nitrogen and oxygen atoms in total. The Morgan fingerprint density at radius 1 is 1.08 bits per heavy atom. The number of rotatable bonds is 5. The van der Waals surface area contributed by atoms with Gasteiger partial charge in [0.15, 0.2) is 0 Å². The SMILES string of the molecule is O=c1ccc(N2CCCCC2CNC2CCC2)nn1C1CCCC1O. The molecule has 4 rings (SSSR count). The predicted molar refractivity (Wildman–Crippen MR) is 98.0 cm³/mol. The topological polar surface area (TPSA) is 70.4 Å². The number of aliphatic hydroxyl groups is 1. The summed E-state index contributed by atoms with van der Waals surface area (Å²) in [7, 11) is 0. The third-order valence-corrected chi connectivity index (χ3v) is 6.24. The van der Waals surface area contributed by atoms with Crippen molar-refractivity contribution in [3.63, 3.8) is 0 Å². The zero-order valence-corrected chi connectivity index (χ0v) is 14.9. The van der Waals surface area contributed by atoms with Gasteiger partial charge in [-0.1, -0.05) is 6.42 Å². The smallest absolute Gasteiger partial charge is 0.267 e. The zero-order chi connectivity index (χ0) is 17.2. The van der Waals surface area contributed by atoms with E-state index in [9.17, 15) is 9.90 Å². The largest absolute Gasteiger partial charge is 0.391 e. The Kier molecular flexibility index (Phi) is 5.08. The molecule has 3 aliphatic rings. The highest BCUT2D eigenvalue weighted by atomic mass is 16.3. The highest BCUT2D eigenvalue weighted by Gasteiger charge is 2.30. The number of anilines is 1. The molecule has 2 saturated carbocycles. The third kappa shape index (κ3) is 3.60. The van der Waals surface area contributed by atoms with Crippen LogP contribution in [0.2, 0.25) is 0 Å². The summed E-state index contributed by atoms with van der Waals surface area (Å²) in [6.45, 7) is 1.99. The fraction of sp³-hybridized carbons (Fsp3) is 0.789. The van der Waals surface area contributed by atoms with Crippen LogP contribution in [-0.4, -0.2) is 46.2 Å². The Morgan fingerprint density at radius 3 is 2.64 bits per heavy atom. The van der Waals surface area contributed by atoms with E-state index in [-0.39, 0.29) is 11.6 Å². The van der Waals surface area contributed by atoms with Crippen molar-refractivity contribution in [3.05, 3.63) is 22.5 Å². The number of piperidine rings is 1. The Labute approximate surface area is 149 Å². The van der Waals surface area contributed by atoms with E-state index in [1.54, 1.807) is 6.07 Å². The summed E-state index contributed by atoms with van der Waals surface area (Å²) >= 11 is 0. The lowest BCUT2D eigenvalue weighted by atomic mass is 9.92. The Hall–Kier alpha value is -1.40. The van der Waals surface area contributed by atoms with E-state index in [4.69, 9.17) is 0 Å². The maximum Gasteiger partial charge on any atom is 0.267 e. The first-order chi connectivity index (χ1) is 12.2. The fourth-order valence-corrected chi connectivity index (χ4v) is 4.44. The molecule has 3 fully saturated rings. The molecule has 0 bridgehead atoms. The molecule has 138 valence electrons. The van der Waals surface area contributed by atoms with Gasteiger partial charge in [0.05, 0.1) is 12.1 Å². The lowest BCUT2D eigenvalue weighted by Gasteiger charge is -2.39. The second-order valence-corrected chi connectivity index (χ2v) is 7.92. The molecule has 0 radical (unpaired) electrons. The second kappa shape index (κ2) is 7.46. The van der Waals surface area contributed by atoms with Gasteiger partial charge in [0.25, 0.3) is 5.56 Å². The first-order valence-corrected chi connectivity index (χ1v) is 10.0. The van der Waals surface area contributed by atoms with Crippen molar-refractivity contribution in [2.45, 2.75) is 82.0 Å². The standard InChI is InChI=1S/C19H30N4O2/c24-17-9-4-8-16(17)23-19(25)11-10-18(21-23)22-12-2-1-7-15(22)13-20-14-5-3-6-14/h10-11,14-17,20,24H,1-9,12-13H2. The minimum atomic E-state index is -0.446. The molecule has 2 aliphatic carbocycles. The van der Waals surface area contributed by atoms with E-state index < -0.39 is 6.10 Å². The van der Waals surface area contributed by atoms with Gasteiger partial charge in [0.1, 0.15) is 5.82 Å². The zero-order valence-electron chi connectivity index (χ0n) is 14.9. The maximum absolute atomic E-state index is 12.3. The Morgan fingerprint density at radius 2 is 1.92 bits per heavy atom. The van der Waals surface area contributed by atoms with Crippen LogP contribution in [-0.2, 0) is 0 Å². The normalized spacial score (nSPS) is 30.4. The van der Waals surface area contributed by atoms with Crippen molar-refractivity contribution in [1.82, 2.24) is 15.1 Å². The van der Waals surface area contributed by atoms with E-state index in [1.165, 1.54) is 43.2 Å². The minimum Gasteiger partial charge on any atom is -0.391 e. The molecular weight excluding hydrogens is 316 g/mol. The molecule has 0 amide bonds. The van der Waals surface area contributed by atoms with Gasteiger partial charge >= 0.3 is 0 Å². The molecule has 0 aromatic carbocycles. The maximum atomic E-state index is 12.3. The summed E-state index contributed by atoms with van der Waals surface area (Å²) < 4.78 is 1.54. The molecule has 3 atom stereocenters. The van der Waals surface area contributed by atoms with Crippen molar-refractivity contribution in [1.29, 1.82) is 0 Å². The van der Waals surface area contributed by atoms with E-state index in [0.717, 1.165) is 38.2 Å². The summed E-state index contributed by atoms with van der Waals surface area (Å²) in [4.78, 5) is 14.7. The van der Waals surface area contributed by atoms with Crippen molar-refractivity contribution in [2.24, 2.45) is 0 Å². The van der Waals surface area contributed by atoms with Crippen LogP contribution in [0.25, 0.3) is 0 Å². The van der Waals surface area contributed by atoms with Crippen LogP contribution in [0.1, 0.15) is 63.8 Å². The quantitative estimate of drug-likeness (QED) is 0.851. The van der Waals surface area contributed by atoms with Crippen LogP contribution in [0.4, 0.5) is 5.82 Å². The monoisotopic (exact) mass is 346 g/mol. The second-order valence-electron chi connectivity index (χ2n) is 7.92. The van der Waals surface area contributed by atoms with E-state index in [1.807, 2.05) is 6.07 Å². The van der Waals surface area contributed by atoms with Gasteiger partial charge in [-0.15, -0.1) is 0 Å². The van der Waals surface area contributed by atoms with Gasteiger partial charge in [0.2, 0.25) is 0 Å².